The van der Waals surface area contributed by atoms with E-state index in [1.165, 1.54) is 30.1 Å². The van der Waals surface area contributed by atoms with Crippen LogP contribution >= 0.6 is 0 Å². The standard InChI is InChI=1S/C27H31F2N5O4S/c1-17-14-30-10-8-21(17)33-27(35)20-11-18(12-23-26(20)32-16-34(23)15-25(28)29)5-4-9-31-22-7-6-19(39(3,36)37)13-24(22)38-2/h6-7,11-13,16-17,21,25,30-31H,8-10,14-15H2,1-3H3,(H,33,35)/t17-,21-/m0/s1. The molecule has 0 unspecified atom stereocenters. The van der Waals surface area contributed by atoms with E-state index in [1.807, 2.05) is 0 Å². The van der Waals surface area contributed by atoms with Gasteiger partial charge in [-0.1, -0.05) is 18.8 Å². The number of aromatic nitrogens is 2. The predicted molar refractivity (Wildman–Crippen MR) is 145 cm³/mol. The summed E-state index contributed by atoms with van der Waals surface area (Å²) in [5.74, 6) is 6.23. The normalized spacial score (nSPS) is 17.5. The number of nitrogens with one attached hydrogen (secondary N) is 3. The number of fused-ring (bicyclic) bond motifs is 1. The Kier molecular flexibility index (Phi) is 8.72. The van der Waals surface area contributed by atoms with Crippen molar-refractivity contribution in [2.75, 3.05) is 38.3 Å². The van der Waals surface area contributed by atoms with Crippen LogP contribution < -0.4 is 20.7 Å². The fraction of sp³-hybridized carbons (Fsp3) is 0.407. The quantitative estimate of drug-likeness (QED) is 0.364. The van der Waals surface area contributed by atoms with E-state index in [0.29, 0.717) is 28.0 Å². The van der Waals surface area contributed by atoms with Gasteiger partial charge in [0, 0.05) is 23.9 Å². The summed E-state index contributed by atoms with van der Waals surface area (Å²) in [7, 11) is -1.95. The van der Waals surface area contributed by atoms with Crippen molar-refractivity contribution in [1.82, 2.24) is 20.2 Å². The summed E-state index contributed by atoms with van der Waals surface area (Å²) in [6, 6.07) is 7.74. The van der Waals surface area contributed by atoms with Gasteiger partial charge in [0.15, 0.2) is 9.84 Å². The second kappa shape index (κ2) is 12.0. The summed E-state index contributed by atoms with van der Waals surface area (Å²) in [5, 5.41) is 9.46. The maximum atomic E-state index is 13.3. The van der Waals surface area contributed by atoms with Crippen molar-refractivity contribution in [2.45, 2.75) is 37.3 Å². The molecule has 0 radical (unpaired) electrons. The lowest BCUT2D eigenvalue weighted by molar-refractivity contribution is 0.0915. The van der Waals surface area contributed by atoms with Gasteiger partial charge in [-0.2, -0.15) is 0 Å². The number of hydrogen-bond donors (Lipinski definition) is 3. The minimum absolute atomic E-state index is 0.0139. The third kappa shape index (κ3) is 6.85. The number of rotatable bonds is 8. The highest BCUT2D eigenvalue weighted by Crippen LogP contribution is 2.27. The van der Waals surface area contributed by atoms with Crippen LogP contribution in [0.25, 0.3) is 11.0 Å². The molecule has 0 bridgehead atoms. The Morgan fingerprint density at radius 3 is 2.79 bits per heavy atom. The molecule has 2 aromatic carbocycles. The van der Waals surface area contributed by atoms with Crippen molar-refractivity contribution in [3.8, 4) is 17.6 Å². The van der Waals surface area contributed by atoms with Gasteiger partial charge in [-0.05, 0) is 49.7 Å². The van der Waals surface area contributed by atoms with Crippen LogP contribution in [0.4, 0.5) is 14.5 Å². The minimum Gasteiger partial charge on any atom is -0.495 e. The molecular formula is C27H31F2N5O4S. The molecule has 1 fully saturated rings. The zero-order valence-electron chi connectivity index (χ0n) is 21.9. The molecule has 0 aliphatic carbocycles. The monoisotopic (exact) mass is 559 g/mol. The van der Waals surface area contributed by atoms with E-state index in [1.54, 1.807) is 18.2 Å². The van der Waals surface area contributed by atoms with Crippen LogP contribution in [-0.2, 0) is 16.4 Å². The number of benzene rings is 2. The van der Waals surface area contributed by atoms with Gasteiger partial charge in [-0.3, -0.25) is 4.79 Å². The summed E-state index contributed by atoms with van der Waals surface area (Å²) in [6.45, 7) is 3.28. The maximum absolute atomic E-state index is 13.3. The first-order valence-corrected chi connectivity index (χ1v) is 14.4. The molecule has 0 saturated carbocycles. The van der Waals surface area contributed by atoms with E-state index >= 15 is 0 Å². The van der Waals surface area contributed by atoms with Gasteiger partial charge in [-0.25, -0.2) is 22.2 Å². The van der Waals surface area contributed by atoms with E-state index in [-0.39, 0.29) is 34.9 Å². The van der Waals surface area contributed by atoms with E-state index in [0.717, 1.165) is 25.8 Å². The van der Waals surface area contributed by atoms with Crippen molar-refractivity contribution in [3.63, 3.8) is 0 Å². The van der Waals surface area contributed by atoms with Crippen molar-refractivity contribution < 1.29 is 26.7 Å². The molecule has 9 nitrogen and oxygen atoms in total. The first kappa shape index (κ1) is 28.3. The molecule has 2 atom stereocenters. The first-order valence-electron chi connectivity index (χ1n) is 12.5. The van der Waals surface area contributed by atoms with E-state index < -0.39 is 22.8 Å². The molecular weight excluding hydrogens is 528 g/mol. The Hall–Kier alpha value is -3.69. The van der Waals surface area contributed by atoms with Crippen LogP contribution in [-0.4, -0.2) is 69.3 Å². The predicted octanol–water partition coefficient (Wildman–Crippen LogP) is 2.90. The number of carbonyl (C=O) groups excluding carboxylic acids is 1. The number of piperidine rings is 1. The van der Waals surface area contributed by atoms with Crippen molar-refractivity contribution in [2.24, 2.45) is 5.92 Å². The lowest BCUT2D eigenvalue weighted by atomic mass is 9.95. The van der Waals surface area contributed by atoms with E-state index in [2.05, 4.69) is 39.7 Å². The third-order valence-corrected chi connectivity index (χ3v) is 7.72. The molecule has 1 amide bonds. The molecule has 12 heteroatoms. The smallest absolute Gasteiger partial charge is 0.256 e. The molecule has 208 valence electrons. The van der Waals surface area contributed by atoms with Gasteiger partial charge >= 0.3 is 0 Å². The fourth-order valence-corrected chi connectivity index (χ4v) is 5.15. The van der Waals surface area contributed by atoms with Crippen molar-refractivity contribution >= 4 is 32.5 Å². The SMILES string of the molecule is COc1cc(S(C)(=O)=O)ccc1NCC#Cc1cc(C(=O)N[C@H]2CCNC[C@@H]2C)c2ncn(CC(F)F)c2c1. The summed E-state index contributed by atoms with van der Waals surface area (Å²) in [6.07, 6.45) is 0.631. The molecule has 3 aromatic rings. The van der Waals surface area contributed by atoms with Gasteiger partial charge in [0.05, 0.1) is 48.2 Å². The summed E-state index contributed by atoms with van der Waals surface area (Å²) >= 11 is 0. The number of halogens is 2. The number of nitrogens with zero attached hydrogens (tertiary/aromatic N) is 2. The van der Waals surface area contributed by atoms with Gasteiger partial charge in [0.1, 0.15) is 11.3 Å². The fourth-order valence-electron chi connectivity index (χ4n) is 4.51. The van der Waals surface area contributed by atoms with E-state index in [4.69, 9.17) is 4.74 Å². The van der Waals surface area contributed by atoms with Crippen LogP contribution in [0.3, 0.4) is 0 Å². The Balaban J connectivity index is 1.59. The average Bonchev–Trinajstić information content (AvgIpc) is 3.28. The topological polar surface area (TPSA) is 114 Å². The van der Waals surface area contributed by atoms with Crippen LogP contribution in [0.15, 0.2) is 41.6 Å². The van der Waals surface area contributed by atoms with E-state index in [9.17, 15) is 22.0 Å². The number of anilines is 1. The summed E-state index contributed by atoms with van der Waals surface area (Å²) in [4.78, 5) is 17.7. The number of ether oxygens (including phenoxy) is 1. The van der Waals surface area contributed by atoms with Crippen molar-refractivity contribution in [3.05, 3.63) is 47.8 Å². The largest absolute Gasteiger partial charge is 0.495 e. The summed E-state index contributed by atoms with van der Waals surface area (Å²) in [5.41, 5.74) is 2.05. The zero-order chi connectivity index (χ0) is 28.2. The molecule has 2 heterocycles. The molecule has 0 spiro atoms. The second-order valence-electron chi connectivity index (χ2n) is 9.52. The lowest BCUT2D eigenvalue weighted by Gasteiger charge is -2.30. The number of amides is 1. The highest BCUT2D eigenvalue weighted by atomic mass is 32.2. The molecule has 1 aliphatic rings. The number of alkyl halides is 2. The Bertz CT molecular complexity index is 1530. The van der Waals surface area contributed by atoms with Crippen LogP contribution in [0.5, 0.6) is 5.75 Å². The molecule has 39 heavy (non-hydrogen) atoms. The zero-order valence-corrected chi connectivity index (χ0v) is 22.7. The molecule has 1 saturated heterocycles. The average molecular weight is 560 g/mol. The Morgan fingerprint density at radius 2 is 2.10 bits per heavy atom. The minimum atomic E-state index is -3.39. The molecule has 1 aliphatic heterocycles. The highest BCUT2D eigenvalue weighted by molar-refractivity contribution is 7.90. The lowest BCUT2D eigenvalue weighted by Crippen LogP contribution is -2.48. The van der Waals surface area contributed by atoms with Gasteiger partial charge < -0.3 is 25.3 Å². The van der Waals surface area contributed by atoms with Gasteiger partial charge in [-0.15, -0.1) is 0 Å². The van der Waals surface area contributed by atoms with Crippen LogP contribution in [0.1, 0.15) is 29.3 Å². The number of carbonyl (C=O) groups is 1. The first-order chi connectivity index (χ1) is 18.6. The highest BCUT2D eigenvalue weighted by Gasteiger charge is 2.25. The molecule has 4 rings (SSSR count). The molecule has 3 N–H and O–H groups in total. The number of sulfone groups is 1. The molecule has 1 aromatic heterocycles. The Morgan fingerprint density at radius 1 is 1.31 bits per heavy atom. The maximum Gasteiger partial charge on any atom is 0.256 e. The van der Waals surface area contributed by atoms with Crippen LogP contribution in [0, 0.1) is 17.8 Å². The third-order valence-electron chi connectivity index (χ3n) is 6.61. The number of imidazole rings is 1. The van der Waals surface area contributed by atoms with Gasteiger partial charge in [0.25, 0.3) is 12.3 Å². The van der Waals surface area contributed by atoms with Crippen molar-refractivity contribution in [1.29, 1.82) is 0 Å². The Labute approximate surface area is 226 Å². The summed E-state index contributed by atoms with van der Waals surface area (Å²) < 4.78 is 56.6. The van der Waals surface area contributed by atoms with Gasteiger partial charge in [0.2, 0.25) is 0 Å². The number of methoxy groups -OCH3 is 1. The van der Waals surface area contributed by atoms with Crippen LogP contribution in [0.2, 0.25) is 0 Å². The second-order valence-corrected chi connectivity index (χ2v) is 11.5. The number of hydrogen-bond acceptors (Lipinski definition) is 7.